The number of ketones is 1. The fourth-order valence-electron chi connectivity index (χ4n) is 5.93. The molecule has 43 heavy (non-hydrogen) atoms. The molecule has 2 atom stereocenters. The third-order valence-electron chi connectivity index (χ3n) is 8.64. The summed E-state index contributed by atoms with van der Waals surface area (Å²) in [6, 6.07) is 13.1. The van der Waals surface area contributed by atoms with Crippen LogP contribution in [0.25, 0.3) is 0 Å². The first-order valence-electron chi connectivity index (χ1n) is 15.1. The number of anilines is 3. The number of benzene rings is 1. The molecule has 0 aliphatic carbocycles. The second-order valence-electron chi connectivity index (χ2n) is 13.0. The van der Waals surface area contributed by atoms with Gasteiger partial charge in [0.25, 0.3) is 5.56 Å². The molecule has 228 valence electrons. The molecule has 2 aliphatic rings. The Kier molecular flexibility index (Phi) is 8.69. The number of piperidine rings is 1. The van der Waals surface area contributed by atoms with E-state index in [2.05, 4.69) is 53.2 Å². The van der Waals surface area contributed by atoms with Crippen molar-refractivity contribution in [2.24, 2.45) is 13.0 Å². The Bertz CT molecular complexity index is 1530. The van der Waals surface area contributed by atoms with Crippen LogP contribution in [0.2, 0.25) is 0 Å². The first kappa shape index (κ1) is 30.4. The zero-order chi connectivity index (χ0) is 30.9. The van der Waals surface area contributed by atoms with Gasteiger partial charge in [0.2, 0.25) is 5.91 Å². The minimum Gasteiger partial charge on any atom is -0.355 e. The van der Waals surface area contributed by atoms with E-state index in [4.69, 9.17) is 0 Å². The number of piperazine rings is 1. The lowest BCUT2D eigenvalue weighted by atomic mass is 9.85. The first-order chi connectivity index (χ1) is 20.4. The van der Waals surface area contributed by atoms with E-state index >= 15 is 0 Å². The van der Waals surface area contributed by atoms with Gasteiger partial charge >= 0.3 is 0 Å². The third kappa shape index (κ3) is 6.80. The molecule has 1 N–H and O–H groups in total. The quantitative estimate of drug-likeness (QED) is 0.413. The Balaban J connectivity index is 1.27. The topological polar surface area (TPSA) is 104 Å². The van der Waals surface area contributed by atoms with Gasteiger partial charge in [0.1, 0.15) is 17.5 Å². The number of aromatic nitrogens is 3. The van der Waals surface area contributed by atoms with Crippen LogP contribution in [0.1, 0.15) is 67.6 Å². The molecule has 0 radical (unpaired) electrons. The highest BCUT2D eigenvalue weighted by atomic mass is 16.2. The van der Waals surface area contributed by atoms with Crippen LogP contribution in [-0.4, -0.2) is 76.5 Å². The summed E-state index contributed by atoms with van der Waals surface area (Å²) in [5.74, 6) is 1.60. The molecule has 0 bridgehead atoms. The fourth-order valence-corrected chi connectivity index (χ4v) is 5.93. The van der Waals surface area contributed by atoms with E-state index in [1.54, 1.807) is 30.3 Å². The van der Waals surface area contributed by atoms with Gasteiger partial charge in [0.05, 0.1) is 0 Å². The number of nitrogens with zero attached hydrogens (tertiary/aromatic N) is 6. The van der Waals surface area contributed by atoms with E-state index in [1.807, 2.05) is 37.2 Å². The van der Waals surface area contributed by atoms with Crippen LogP contribution in [0, 0.1) is 5.92 Å². The lowest BCUT2D eigenvalue weighted by molar-refractivity contribution is -0.139. The number of nitrogens with one attached hydrogen (secondary N) is 1. The van der Waals surface area contributed by atoms with Gasteiger partial charge in [0, 0.05) is 64.5 Å². The van der Waals surface area contributed by atoms with E-state index in [1.165, 1.54) is 10.2 Å². The number of carbonyl (C=O) groups excluding carboxylic acids is 2. The molecule has 2 fully saturated rings. The van der Waals surface area contributed by atoms with Gasteiger partial charge in [-0.2, -0.15) is 5.10 Å². The van der Waals surface area contributed by atoms with Gasteiger partial charge in [-0.25, -0.2) is 9.67 Å². The smallest absolute Gasteiger partial charge is 0.290 e. The van der Waals surface area contributed by atoms with Crippen LogP contribution in [-0.2, 0) is 17.3 Å². The third-order valence-corrected chi connectivity index (χ3v) is 8.64. The van der Waals surface area contributed by atoms with Gasteiger partial charge in [-0.05, 0) is 48.4 Å². The summed E-state index contributed by atoms with van der Waals surface area (Å²) in [5.41, 5.74) is 2.93. The summed E-state index contributed by atoms with van der Waals surface area (Å²) in [4.78, 5) is 49.3. The van der Waals surface area contributed by atoms with Crippen LogP contribution in [0.15, 0.2) is 53.5 Å². The van der Waals surface area contributed by atoms with Gasteiger partial charge in [-0.3, -0.25) is 19.3 Å². The molecular formula is C33H43N7O3. The molecule has 10 nitrogen and oxygen atoms in total. The van der Waals surface area contributed by atoms with Gasteiger partial charge < -0.3 is 15.1 Å². The number of aryl methyl sites for hydroxylation is 1. The highest BCUT2D eigenvalue weighted by molar-refractivity contribution is 5.96. The molecule has 1 unspecified atom stereocenters. The average molecular weight is 586 g/mol. The number of likely N-dealkylation sites (N-methyl/N-ethyl adjacent to an activating group) is 2. The number of hydrogen-bond acceptors (Lipinski definition) is 8. The minimum absolute atomic E-state index is 0.0453. The summed E-state index contributed by atoms with van der Waals surface area (Å²) in [5, 5.41) is 7.70. The number of rotatable bonds is 7. The van der Waals surface area contributed by atoms with Crippen molar-refractivity contribution in [2.75, 3.05) is 50.5 Å². The number of amides is 1. The van der Waals surface area contributed by atoms with E-state index in [9.17, 15) is 14.4 Å². The maximum Gasteiger partial charge on any atom is 0.290 e. The molecule has 3 aromatic rings. The minimum atomic E-state index is -0.373. The maximum absolute atomic E-state index is 13.1. The summed E-state index contributed by atoms with van der Waals surface area (Å²) in [6.45, 7) is 9.49. The average Bonchev–Trinajstić information content (AvgIpc) is 2.98. The predicted octanol–water partition coefficient (Wildman–Crippen LogP) is 4.15. The molecule has 1 aromatic carbocycles. The van der Waals surface area contributed by atoms with Crippen molar-refractivity contribution in [3.63, 3.8) is 0 Å². The molecule has 5 rings (SSSR count). The van der Waals surface area contributed by atoms with Crippen LogP contribution >= 0.6 is 0 Å². The lowest BCUT2D eigenvalue weighted by Gasteiger charge is -2.36. The van der Waals surface area contributed by atoms with Crippen LogP contribution < -0.4 is 15.8 Å². The van der Waals surface area contributed by atoms with Crippen LogP contribution in [0.4, 0.5) is 17.3 Å². The van der Waals surface area contributed by atoms with Crippen LogP contribution in [0.5, 0.6) is 0 Å². The van der Waals surface area contributed by atoms with Crippen molar-refractivity contribution >= 4 is 29.0 Å². The van der Waals surface area contributed by atoms with Crippen molar-refractivity contribution < 1.29 is 9.59 Å². The zero-order valence-electron chi connectivity index (χ0n) is 26.1. The van der Waals surface area contributed by atoms with E-state index in [0.717, 1.165) is 37.1 Å². The molecule has 2 aromatic heterocycles. The van der Waals surface area contributed by atoms with E-state index < -0.39 is 0 Å². The number of pyridine rings is 1. The summed E-state index contributed by atoms with van der Waals surface area (Å²) >= 11 is 0. The molecule has 2 saturated heterocycles. The molecule has 4 heterocycles. The Labute approximate surface area is 253 Å². The van der Waals surface area contributed by atoms with E-state index in [0.29, 0.717) is 36.8 Å². The van der Waals surface area contributed by atoms with Gasteiger partial charge in [-0.1, -0.05) is 51.1 Å². The standard InChI is InChI=1S/C33H43N7O3/c1-33(2,3)25-12-9-23(10-13-25)27(41)18-22-8-7-15-40(21-22)29-19-26(31(42)39(6)36-29)35-28-14-11-24(20-34-28)30-32(43)38(5)17-16-37(30)4/h9-14,19-20,22,30H,7-8,15-18,21H2,1-6H3,(H,34,35)/t22-,30?/m0/s1. The zero-order valence-corrected chi connectivity index (χ0v) is 26.1. The second-order valence-corrected chi connectivity index (χ2v) is 13.0. The second kappa shape index (κ2) is 12.3. The van der Waals surface area contributed by atoms with Gasteiger partial charge in [-0.15, -0.1) is 0 Å². The normalized spacial score (nSPS) is 19.9. The maximum atomic E-state index is 13.1. The Hall–Kier alpha value is -4.05. The summed E-state index contributed by atoms with van der Waals surface area (Å²) in [6.07, 6.45) is 4.09. The van der Waals surface area contributed by atoms with Gasteiger partial charge in [0.15, 0.2) is 11.6 Å². The van der Waals surface area contributed by atoms with Crippen molar-refractivity contribution in [1.82, 2.24) is 24.6 Å². The summed E-state index contributed by atoms with van der Waals surface area (Å²) < 4.78 is 1.34. The Morgan fingerprint density at radius 2 is 1.74 bits per heavy atom. The molecule has 0 saturated carbocycles. The van der Waals surface area contributed by atoms with Crippen molar-refractivity contribution in [1.29, 1.82) is 0 Å². The highest BCUT2D eigenvalue weighted by Crippen LogP contribution is 2.28. The Morgan fingerprint density at radius 3 is 2.42 bits per heavy atom. The number of Topliss-reactive ketones (excluding diaryl/α,β-unsaturated/α-hetero) is 1. The molecule has 2 aliphatic heterocycles. The molecule has 10 heteroatoms. The Morgan fingerprint density at radius 1 is 1.00 bits per heavy atom. The van der Waals surface area contributed by atoms with E-state index in [-0.39, 0.29) is 34.6 Å². The largest absolute Gasteiger partial charge is 0.355 e. The van der Waals surface area contributed by atoms with Crippen molar-refractivity contribution in [3.05, 3.63) is 75.7 Å². The number of carbonyl (C=O) groups is 2. The first-order valence-corrected chi connectivity index (χ1v) is 15.1. The van der Waals surface area contributed by atoms with Crippen molar-refractivity contribution in [2.45, 2.75) is 51.5 Å². The predicted molar refractivity (Wildman–Crippen MR) is 169 cm³/mol. The monoisotopic (exact) mass is 585 g/mol. The van der Waals surface area contributed by atoms with Crippen LogP contribution in [0.3, 0.4) is 0 Å². The SMILES string of the molecule is CN1CCN(C)C(c2ccc(Nc3cc(N4CCC[C@@H](CC(=O)c5ccc(C(C)(C)C)cc5)C4)nn(C)c3=O)nc2)C1=O. The molecule has 0 spiro atoms. The highest BCUT2D eigenvalue weighted by Gasteiger charge is 2.32. The fraction of sp³-hybridized carbons (Fsp3) is 0.485. The number of hydrogen-bond donors (Lipinski definition) is 1. The summed E-state index contributed by atoms with van der Waals surface area (Å²) in [7, 11) is 5.40. The lowest BCUT2D eigenvalue weighted by Crippen LogP contribution is -2.49. The molecule has 1 amide bonds. The van der Waals surface area contributed by atoms with Crippen molar-refractivity contribution in [3.8, 4) is 0 Å². The molecular weight excluding hydrogens is 542 g/mol.